The first-order chi connectivity index (χ1) is 24.1. The molecule has 5 rings (SSSR count). The van der Waals surface area contributed by atoms with Gasteiger partial charge in [-0.2, -0.15) is 0 Å². The molecule has 10 heteroatoms. The van der Waals surface area contributed by atoms with Gasteiger partial charge in [0.25, 0.3) is 0 Å². The molecule has 10 nitrogen and oxygen atoms in total. The Morgan fingerprint density at radius 3 is 2.08 bits per heavy atom. The van der Waals surface area contributed by atoms with Crippen LogP contribution in [0.2, 0.25) is 0 Å². The van der Waals surface area contributed by atoms with Crippen LogP contribution in [0.5, 0.6) is 0 Å². The number of para-hydroxylation sites is 1. The van der Waals surface area contributed by atoms with E-state index in [0.717, 1.165) is 53.7 Å². The lowest BCUT2D eigenvalue weighted by Crippen LogP contribution is -2.54. The molecule has 0 saturated carbocycles. The second-order valence-electron chi connectivity index (χ2n) is 13.2. The maximum atomic E-state index is 13.9. The van der Waals surface area contributed by atoms with Crippen LogP contribution >= 0.6 is 0 Å². The first kappa shape index (κ1) is 37.0. The van der Waals surface area contributed by atoms with E-state index in [1.807, 2.05) is 75.1 Å². The molecule has 1 saturated heterocycles. The average molecular weight is 682 g/mol. The number of Topliss-reactive ketones (excluding diaryl/α,β-unsaturated/α-hetero) is 2. The third-order valence-corrected chi connectivity index (χ3v) is 10.0. The minimum atomic E-state index is -0.657. The van der Waals surface area contributed by atoms with Gasteiger partial charge in [-0.25, -0.2) is 4.79 Å². The smallest absolute Gasteiger partial charge is 0.348 e. The van der Waals surface area contributed by atoms with Crippen molar-refractivity contribution in [3.05, 3.63) is 77.9 Å². The SMILES string of the molecule is CCN(CC)CC/C(=N\OC(=O)CN(CC)CC)C(=O)c1ccc(-n2c3ccccc3c3cc(C(=O)C(C)(C)N4CCOCC4)ccc32)cc1. The fourth-order valence-electron chi connectivity index (χ4n) is 6.71. The normalized spacial score (nSPS) is 14.6. The van der Waals surface area contributed by atoms with Crippen molar-refractivity contribution >= 4 is 45.1 Å². The highest BCUT2D eigenvalue weighted by Gasteiger charge is 2.36. The van der Waals surface area contributed by atoms with Crippen LogP contribution in [-0.4, -0.2) is 114 Å². The van der Waals surface area contributed by atoms with Crippen molar-refractivity contribution in [2.45, 2.75) is 53.5 Å². The molecule has 50 heavy (non-hydrogen) atoms. The fraction of sp³-hybridized carbons (Fsp3) is 0.450. The van der Waals surface area contributed by atoms with Crippen LogP contribution in [0.3, 0.4) is 0 Å². The van der Waals surface area contributed by atoms with Gasteiger partial charge in [0.1, 0.15) is 5.71 Å². The number of oxime groups is 1. The van der Waals surface area contributed by atoms with Crippen LogP contribution in [0.4, 0.5) is 0 Å². The lowest BCUT2D eigenvalue weighted by Gasteiger charge is -2.39. The predicted octanol–water partition coefficient (Wildman–Crippen LogP) is 6.23. The molecule has 0 N–H and O–H groups in total. The van der Waals surface area contributed by atoms with E-state index in [4.69, 9.17) is 9.57 Å². The lowest BCUT2D eigenvalue weighted by molar-refractivity contribution is -0.144. The van der Waals surface area contributed by atoms with Crippen LogP contribution in [-0.2, 0) is 14.4 Å². The molecule has 266 valence electrons. The standard InChI is InChI=1S/C40H51N5O5/c1-7-42(8-2)22-21-34(41-50-37(46)28-43(9-3)10-4)38(47)29-15-18-31(19-16-29)45-35-14-12-11-13-32(35)33-27-30(17-20-36(33)45)39(48)40(5,6)44-23-25-49-26-24-44/h11-20,27H,7-10,21-26,28H2,1-6H3/b41-34+. The van der Waals surface area contributed by atoms with E-state index in [1.54, 1.807) is 12.1 Å². The van der Waals surface area contributed by atoms with Gasteiger partial charge < -0.3 is 19.0 Å². The number of benzene rings is 3. The van der Waals surface area contributed by atoms with E-state index in [-0.39, 0.29) is 23.8 Å². The molecule has 1 aliphatic heterocycles. The second kappa shape index (κ2) is 16.7. The zero-order valence-corrected chi connectivity index (χ0v) is 30.4. The molecule has 0 amide bonds. The number of carbonyl (C=O) groups excluding carboxylic acids is 3. The summed E-state index contributed by atoms with van der Waals surface area (Å²) in [5, 5.41) is 6.14. The number of fused-ring (bicyclic) bond motifs is 3. The Labute approximate surface area is 295 Å². The van der Waals surface area contributed by atoms with Crippen molar-refractivity contribution in [1.82, 2.24) is 19.3 Å². The molecule has 4 aromatic rings. The van der Waals surface area contributed by atoms with Gasteiger partial charge in [-0.3, -0.25) is 19.4 Å². The van der Waals surface area contributed by atoms with Crippen molar-refractivity contribution in [3.8, 4) is 5.69 Å². The van der Waals surface area contributed by atoms with Crippen LogP contribution in [0.15, 0.2) is 71.9 Å². The predicted molar refractivity (Wildman–Crippen MR) is 200 cm³/mol. The molecular weight excluding hydrogens is 630 g/mol. The van der Waals surface area contributed by atoms with E-state index in [9.17, 15) is 14.4 Å². The molecule has 0 aliphatic carbocycles. The topological polar surface area (TPSA) is 96.7 Å². The fourth-order valence-corrected chi connectivity index (χ4v) is 6.71. The summed E-state index contributed by atoms with van der Waals surface area (Å²) in [6.07, 6.45) is 0.358. The van der Waals surface area contributed by atoms with Crippen molar-refractivity contribution in [1.29, 1.82) is 0 Å². The zero-order valence-electron chi connectivity index (χ0n) is 30.4. The van der Waals surface area contributed by atoms with Gasteiger partial charge in [0.15, 0.2) is 5.78 Å². The molecule has 1 fully saturated rings. The summed E-state index contributed by atoms with van der Waals surface area (Å²) in [5.41, 5.74) is 3.54. The van der Waals surface area contributed by atoms with Gasteiger partial charge in [-0.05, 0) is 88.6 Å². The molecule has 0 bridgehead atoms. The maximum Gasteiger partial charge on any atom is 0.348 e. The van der Waals surface area contributed by atoms with Crippen molar-refractivity contribution in [2.24, 2.45) is 5.16 Å². The third kappa shape index (κ3) is 8.05. The minimum absolute atomic E-state index is 0.0817. The Kier molecular flexibility index (Phi) is 12.3. The molecule has 2 heterocycles. The minimum Gasteiger partial charge on any atom is -0.379 e. The summed E-state index contributed by atoms with van der Waals surface area (Å²) in [4.78, 5) is 51.8. The Morgan fingerprint density at radius 1 is 0.800 bits per heavy atom. The van der Waals surface area contributed by atoms with Crippen molar-refractivity contribution in [3.63, 3.8) is 0 Å². The van der Waals surface area contributed by atoms with E-state index in [1.165, 1.54) is 0 Å². The largest absolute Gasteiger partial charge is 0.379 e. The molecule has 1 aromatic heterocycles. The highest BCUT2D eigenvalue weighted by atomic mass is 16.7. The van der Waals surface area contributed by atoms with Crippen LogP contribution in [0.1, 0.15) is 68.7 Å². The summed E-state index contributed by atoms with van der Waals surface area (Å²) in [6.45, 7) is 18.7. The summed E-state index contributed by atoms with van der Waals surface area (Å²) in [6, 6.07) is 21.5. The highest BCUT2D eigenvalue weighted by molar-refractivity contribution is 6.46. The summed E-state index contributed by atoms with van der Waals surface area (Å²) in [5.74, 6) is -0.677. The number of hydrogen-bond acceptors (Lipinski definition) is 9. The average Bonchev–Trinajstić information content (AvgIpc) is 3.48. The van der Waals surface area contributed by atoms with E-state index < -0.39 is 11.5 Å². The summed E-state index contributed by atoms with van der Waals surface area (Å²) < 4.78 is 7.68. The summed E-state index contributed by atoms with van der Waals surface area (Å²) >= 11 is 0. The van der Waals surface area contributed by atoms with Gasteiger partial charge in [0.2, 0.25) is 5.78 Å². The number of ether oxygens (including phenoxy) is 1. The highest BCUT2D eigenvalue weighted by Crippen LogP contribution is 2.34. The number of aromatic nitrogens is 1. The monoisotopic (exact) mass is 681 g/mol. The number of carbonyl (C=O) groups is 3. The van der Waals surface area contributed by atoms with Gasteiger partial charge in [0, 0.05) is 53.6 Å². The van der Waals surface area contributed by atoms with Crippen LogP contribution in [0, 0.1) is 0 Å². The Bertz CT molecular complexity index is 1830. The van der Waals surface area contributed by atoms with Crippen LogP contribution < -0.4 is 0 Å². The first-order valence-electron chi connectivity index (χ1n) is 17.9. The first-order valence-corrected chi connectivity index (χ1v) is 17.9. The Morgan fingerprint density at radius 2 is 1.42 bits per heavy atom. The Balaban J connectivity index is 1.44. The number of rotatable bonds is 16. The van der Waals surface area contributed by atoms with Crippen molar-refractivity contribution in [2.75, 3.05) is 65.6 Å². The number of hydrogen-bond donors (Lipinski definition) is 0. The van der Waals surface area contributed by atoms with Crippen LogP contribution in [0.25, 0.3) is 27.5 Å². The molecule has 0 unspecified atom stereocenters. The van der Waals surface area contributed by atoms with Gasteiger partial charge in [-0.1, -0.05) is 51.0 Å². The van der Waals surface area contributed by atoms with E-state index in [0.29, 0.717) is 50.4 Å². The maximum absolute atomic E-state index is 13.9. The molecule has 1 aliphatic rings. The lowest BCUT2D eigenvalue weighted by atomic mass is 9.90. The molecular formula is C40H51N5O5. The second-order valence-corrected chi connectivity index (χ2v) is 13.2. The number of morpholine rings is 1. The quantitative estimate of drug-likeness (QED) is 0.0595. The van der Waals surface area contributed by atoms with Gasteiger partial charge >= 0.3 is 5.97 Å². The van der Waals surface area contributed by atoms with E-state index >= 15 is 0 Å². The van der Waals surface area contributed by atoms with Crippen molar-refractivity contribution < 1.29 is 24.0 Å². The summed E-state index contributed by atoms with van der Waals surface area (Å²) in [7, 11) is 0. The number of ketones is 2. The zero-order chi connectivity index (χ0) is 35.8. The molecule has 3 aromatic carbocycles. The van der Waals surface area contributed by atoms with Gasteiger partial charge in [-0.15, -0.1) is 0 Å². The van der Waals surface area contributed by atoms with Gasteiger partial charge in [0.05, 0.1) is 36.3 Å². The molecule has 0 spiro atoms. The van der Waals surface area contributed by atoms with E-state index in [2.05, 4.69) is 45.5 Å². The molecule has 0 radical (unpaired) electrons. The number of likely N-dealkylation sites (N-methyl/N-ethyl adjacent to an activating group) is 1. The molecule has 0 atom stereocenters. The Hall–Kier alpha value is -4.22. The number of nitrogens with zero attached hydrogens (tertiary/aromatic N) is 5. The third-order valence-electron chi connectivity index (χ3n) is 10.0.